The van der Waals surface area contributed by atoms with E-state index in [1.54, 1.807) is 13.8 Å². The van der Waals surface area contributed by atoms with E-state index in [9.17, 15) is 9.59 Å². The zero-order valence-corrected chi connectivity index (χ0v) is 11.0. The fourth-order valence-corrected chi connectivity index (χ4v) is 1.21. The maximum atomic E-state index is 11.5. The summed E-state index contributed by atoms with van der Waals surface area (Å²) in [5.41, 5.74) is 6.44. The summed E-state index contributed by atoms with van der Waals surface area (Å²) in [5.74, 6) is -0.801. The molecule has 0 unspecified atom stereocenters. The van der Waals surface area contributed by atoms with Crippen molar-refractivity contribution in [3.8, 4) is 0 Å². The number of carbonyl (C=O) groups excluding carboxylic acids is 2. The van der Waals surface area contributed by atoms with E-state index in [0.717, 1.165) is 5.56 Å². The summed E-state index contributed by atoms with van der Waals surface area (Å²) in [6.45, 7) is 3.67. The van der Waals surface area contributed by atoms with Gasteiger partial charge >= 0.3 is 5.97 Å². The van der Waals surface area contributed by atoms with Crippen LogP contribution >= 0.6 is 0 Å². The number of hydrogen-bond donors (Lipinski definition) is 1. The molecule has 0 radical (unpaired) electrons. The standard InChI is InChI=1S/C13H18N2O4/c1-10(2)12(14)13(17)19-15(9-16)18-8-11-6-4-3-5-7-11/h3-7,9-10,12H,8,14H2,1-2H3/t12-/m0/s1. The van der Waals surface area contributed by atoms with Crippen LogP contribution in [0.4, 0.5) is 0 Å². The number of nitrogens with zero attached hydrogens (tertiary/aromatic N) is 1. The molecule has 0 spiro atoms. The van der Waals surface area contributed by atoms with Crippen molar-refractivity contribution in [2.75, 3.05) is 0 Å². The molecule has 6 nitrogen and oxygen atoms in total. The van der Waals surface area contributed by atoms with Crippen molar-refractivity contribution < 1.29 is 19.3 Å². The van der Waals surface area contributed by atoms with Crippen LogP contribution in [0.1, 0.15) is 19.4 Å². The fourth-order valence-electron chi connectivity index (χ4n) is 1.21. The maximum Gasteiger partial charge on any atom is 0.352 e. The van der Waals surface area contributed by atoms with Crippen molar-refractivity contribution >= 4 is 12.4 Å². The van der Waals surface area contributed by atoms with Crippen LogP contribution in [0, 0.1) is 5.92 Å². The summed E-state index contributed by atoms with van der Waals surface area (Å²) < 4.78 is 0. The van der Waals surface area contributed by atoms with Gasteiger partial charge in [-0.3, -0.25) is 4.79 Å². The van der Waals surface area contributed by atoms with E-state index in [1.165, 1.54) is 0 Å². The average molecular weight is 266 g/mol. The van der Waals surface area contributed by atoms with Crippen molar-refractivity contribution in [3.05, 3.63) is 35.9 Å². The smallest absolute Gasteiger partial charge is 0.318 e. The molecule has 1 aromatic rings. The lowest BCUT2D eigenvalue weighted by Gasteiger charge is -2.19. The topological polar surface area (TPSA) is 81.9 Å². The molecular formula is C13H18N2O4. The van der Waals surface area contributed by atoms with Gasteiger partial charge in [-0.25, -0.2) is 9.63 Å². The molecule has 104 valence electrons. The third kappa shape index (κ3) is 5.07. The molecule has 0 bridgehead atoms. The summed E-state index contributed by atoms with van der Waals surface area (Å²) in [6.07, 6.45) is 0.272. The summed E-state index contributed by atoms with van der Waals surface area (Å²) in [5, 5.41) is 0.484. The molecule has 0 heterocycles. The third-order valence-electron chi connectivity index (χ3n) is 2.46. The highest BCUT2D eigenvalue weighted by atomic mass is 17.0. The van der Waals surface area contributed by atoms with Crippen LogP contribution in [0.15, 0.2) is 30.3 Å². The first-order valence-electron chi connectivity index (χ1n) is 5.93. The first-order valence-corrected chi connectivity index (χ1v) is 5.93. The molecular weight excluding hydrogens is 248 g/mol. The number of hydroxylamine groups is 2. The number of carbonyl (C=O) groups is 2. The molecule has 1 atom stereocenters. The lowest BCUT2D eigenvalue weighted by Crippen LogP contribution is -2.40. The van der Waals surface area contributed by atoms with Gasteiger partial charge in [0.2, 0.25) is 0 Å². The first-order chi connectivity index (χ1) is 9.04. The highest BCUT2D eigenvalue weighted by Crippen LogP contribution is 2.05. The van der Waals surface area contributed by atoms with E-state index < -0.39 is 12.0 Å². The molecule has 6 heteroatoms. The van der Waals surface area contributed by atoms with Crippen molar-refractivity contribution in [1.82, 2.24) is 5.23 Å². The molecule has 1 rings (SSSR count). The average Bonchev–Trinajstić information content (AvgIpc) is 2.43. The van der Waals surface area contributed by atoms with Gasteiger partial charge < -0.3 is 10.6 Å². The number of rotatable bonds is 7. The molecule has 0 saturated heterocycles. The Morgan fingerprint density at radius 1 is 1.37 bits per heavy atom. The van der Waals surface area contributed by atoms with Gasteiger partial charge in [-0.05, 0) is 16.7 Å². The summed E-state index contributed by atoms with van der Waals surface area (Å²) in [6, 6.07) is 8.38. The molecule has 0 fully saturated rings. The SMILES string of the molecule is CC(C)[C@H](N)C(=O)ON(C=O)OCc1ccccc1. The van der Waals surface area contributed by atoms with Crippen molar-refractivity contribution in [2.45, 2.75) is 26.5 Å². The van der Waals surface area contributed by atoms with Gasteiger partial charge in [-0.2, -0.15) is 0 Å². The largest absolute Gasteiger partial charge is 0.352 e. The second-order valence-electron chi connectivity index (χ2n) is 4.33. The predicted octanol–water partition coefficient (Wildman–Crippen LogP) is 1.02. The highest BCUT2D eigenvalue weighted by Gasteiger charge is 2.22. The Bertz CT molecular complexity index is 408. The van der Waals surface area contributed by atoms with Gasteiger partial charge in [0, 0.05) is 0 Å². The Balaban J connectivity index is 2.46. The second-order valence-corrected chi connectivity index (χ2v) is 4.33. The van der Waals surface area contributed by atoms with E-state index >= 15 is 0 Å². The lowest BCUT2D eigenvalue weighted by molar-refractivity contribution is -0.321. The third-order valence-corrected chi connectivity index (χ3v) is 2.46. The Morgan fingerprint density at radius 2 is 2.00 bits per heavy atom. The Hall–Kier alpha value is -1.92. The minimum atomic E-state index is -0.803. The van der Waals surface area contributed by atoms with Gasteiger partial charge in [0.1, 0.15) is 12.6 Å². The fraction of sp³-hybridized carbons (Fsp3) is 0.385. The van der Waals surface area contributed by atoms with Crippen molar-refractivity contribution in [2.24, 2.45) is 11.7 Å². The Labute approximate surface area is 112 Å². The number of hydrogen-bond acceptors (Lipinski definition) is 5. The first kappa shape index (κ1) is 15.1. The van der Waals surface area contributed by atoms with Crippen LogP contribution in [-0.2, 0) is 25.9 Å². The van der Waals surface area contributed by atoms with Gasteiger partial charge in [0.05, 0.1) is 0 Å². The zero-order valence-electron chi connectivity index (χ0n) is 11.0. The summed E-state index contributed by atoms with van der Waals surface area (Å²) in [4.78, 5) is 32.0. The molecule has 1 aromatic carbocycles. The molecule has 0 aromatic heterocycles. The van der Waals surface area contributed by atoms with Crippen LogP contribution in [0.25, 0.3) is 0 Å². The molecule has 2 N–H and O–H groups in total. The minimum absolute atomic E-state index is 0.0878. The quantitative estimate of drug-likeness (QED) is 0.588. The van der Waals surface area contributed by atoms with Crippen LogP contribution in [0.2, 0.25) is 0 Å². The highest BCUT2D eigenvalue weighted by molar-refractivity contribution is 5.76. The van der Waals surface area contributed by atoms with Crippen LogP contribution in [-0.4, -0.2) is 23.6 Å². The monoisotopic (exact) mass is 266 g/mol. The molecule has 0 aliphatic rings. The van der Waals surface area contributed by atoms with E-state index in [-0.39, 0.29) is 18.9 Å². The number of benzene rings is 1. The summed E-state index contributed by atoms with van der Waals surface area (Å²) in [7, 11) is 0. The van der Waals surface area contributed by atoms with E-state index in [2.05, 4.69) is 0 Å². The Morgan fingerprint density at radius 3 is 2.53 bits per heavy atom. The lowest BCUT2D eigenvalue weighted by atomic mass is 10.1. The van der Waals surface area contributed by atoms with Gasteiger partial charge in [-0.15, -0.1) is 0 Å². The molecule has 0 aliphatic carbocycles. The zero-order chi connectivity index (χ0) is 14.3. The molecule has 0 aliphatic heterocycles. The molecule has 19 heavy (non-hydrogen) atoms. The van der Waals surface area contributed by atoms with E-state index in [0.29, 0.717) is 5.23 Å². The Kier molecular flexibility index (Phi) is 5.98. The van der Waals surface area contributed by atoms with E-state index in [1.807, 2.05) is 30.3 Å². The van der Waals surface area contributed by atoms with Gasteiger partial charge in [0.15, 0.2) is 0 Å². The minimum Gasteiger partial charge on any atom is -0.318 e. The van der Waals surface area contributed by atoms with Crippen LogP contribution in [0.5, 0.6) is 0 Å². The molecule has 1 amide bonds. The van der Waals surface area contributed by atoms with Crippen LogP contribution in [0.3, 0.4) is 0 Å². The van der Waals surface area contributed by atoms with Gasteiger partial charge in [-0.1, -0.05) is 44.2 Å². The van der Waals surface area contributed by atoms with Gasteiger partial charge in [0.25, 0.3) is 6.41 Å². The van der Waals surface area contributed by atoms with Crippen LogP contribution < -0.4 is 5.73 Å². The second kappa shape index (κ2) is 7.50. The predicted molar refractivity (Wildman–Crippen MR) is 68.0 cm³/mol. The normalized spacial score (nSPS) is 12.0. The number of nitrogens with two attached hydrogens (primary N) is 1. The summed E-state index contributed by atoms with van der Waals surface area (Å²) >= 11 is 0. The van der Waals surface area contributed by atoms with E-state index in [4.69, 9.17) is 15.4 Å². The molecule has 0 saturated carbocycles. The van der Waals surface area contributed by atoms with Crippen molar-refractivity contribution in [3.63, 3.8) is 0 Å². The van der Waals surface area contributed by atoms with Crippen molar-refractivity contribution in [1.29, 1.82) is 0 Å². The maximum absolute atomic E-state index is 11.5. The number of amides is 1.